The molecule has 0 bridgehead atoms. The summed E-state index contributed by atoms with van der Waals surface area (Å²) in [4.78, 5) is 1.87. The molecule has 1 N–H and O–H groups in total. The van der Waals surface area contributed by atoms with E-state index in [2.05, 4.69) is 10.8 Å². The summed E-state index contributed by atoms with van der Waals surface area (Å²) in [5.41, 5.74) is -2.24. The van der Waals surface area contributed by atoms with Crippen molar-refractivity contribution in [3.8, 4) is 11.8 Å². The molecule has 0 saturated carbocycles. The van der Waals surface area contributed by atoms with Crippen LogP contribution in [0, 0.1) is 16.7 Å². The number of ether oxygens (including phenoxy) is 1. The molecule has 0 aromatic heterocycles. The fourth-order valence-electron chi connectivity index (χ4n) is 3.59. The average Bonchev–Trinajstić information content (AvgIpc) is 2.57. The maximum Gasteiger partial charge on any atom is 0.573 e. The van der Waals surface area contributed by atoms with E-state index in [1.54, 1.807) is 24.3 Å². The summed E-state index contributed by atoms with van der Waals surface area (Å²) in [6.45, 7) is 0.598. The van der Waals surface area contributed by atoms with Crippen LogP contribution in [-0.2, 0) is 5.60 Å². The van der Waals surface area contributed by atoms with Crippen molar-refractivity contribution < 1.29 is 23.0 Å². The van der Waals surface area contributed by atoms with E-state index in [9.17, 15) is 23.5 Å². The summed E-state index contributed by atoms with van der Waals surface area (Å²) in [5.74, 6) is -0.406. The van der Waals surface area contributed by atoms with Crippen molar-refractivity contribution in [2.75, 3.05) is 20.1 Å². The van der Waals surface area contributed by atoms with Crippen LogP contribution in [0.25, 0.3) is 0 Å². The number of rotatable bonds is 4. The zero-order chi connectivity index (χ0) is 19.9. The van der Waals surface area contributed by atoms with Gasteiger partial charge in [0.2, 0.25) is 0 Å². The van der Waals surface area contributed by atoms with Crippen LogP contribution in [0.2, 0.25) is 5.02 Å². The molecule has 0 spiro atoms. The number of nitrogens with zero attached hydrogens (tertiary/aromatic N) is 2. The molecule has 1 saturated heterocycles. The zero-order valence-corrected chi connectivity index (χ0v) is 15.1. The first-order valence-corrected chi connectivity index (χ1v) is 8.42. The van der Waals surface area contributed by atoms with E-state index in [-0.39, 0.29) is 5.56 Å². The molecule has 1 aliphatic rings. The second-order valence-corrected chi connectivity index (χ2v) is 7.10. The number of halogens is 4. The maximum absolute atomic E-state index is 12.4. The Bertz CT molecular complexity index is 874. The van der Waals surface area contributed by atoms with Gasteiger partial charge >= 0.3 is 6.36 Å². The minimum Gasteiger partial charge on any atom is -0.406 e. The molecular weight excluding hydrogens is 381 g/mol. The van der Waals surface area contributed by atoms with Crippen LogP contribution in [-0.4, -0.2) is 36.5 Å². The molecule has 2 aromatic carbocycles. The van der Waals surface area contributed by atoms with Gasteiger partial charge in [0.05, 0.1) is 6.07 Å². The first-order valence-electron chi connectivity index (χ1n) is 8.04. The fraction of sp³-hybridized carbons (Fsp3) is 0.316. The lowest BCUT2D eigenvalue weighted by atomic mass is 9.61. The number of alkyl halides is 3. The van der Waals surface area contributed by atoms with Crippen molar-refractivity contribution in [3.63, 3.8) is 0 Å². The van der Waals surface area contributed by atoms with Crippen LogP contribution >= 0.6 is 11.6 Å². The highest BCUT2D eigenvalue weighted by Crippen LogP contribution is 2.50. The predicted octanol–water partition coefficient (Wildman–Crippen LogP) is 3.93. The highest BCUT2D eigenvalue weighted by Gasteiger charge is 2.59. The molecule has 4 nitrogen and oxygen atoms in total. The van der Waals surface area contributed by atoms with Crippen LogP contribution in [0.4, 0.5) is 13.2 Å². The van der Waals surface area contributed by atoms with Gasteiger partial charge in [-0.1, -0.05) is 35.9 Å². The lowest BCUT2D eigenvalue weighted by Crippen LogP contribution is -2.64. The maximum atomic E-state index is 12.4. The number of aliphatic hydroxyl groups is 1. The zero-order valence-electron chi connectivity index (χ0n) is 14.3. The monoisotopic (exact) mass is 396 g/mol. The Morgan fingerprint density at radius 1 is 1.15 bits per heavy atom. The minimum absolute atomic E-state index is 0.286. The Morgan fingerprint density at radius 3 is 2.26 bits per heavy atom. The predicted molar refractivity (Wildman–Crippen MR) is 93.1 cm³/mol. The van der Waals surface area contributed by atoms with Crippen molar-refractivity contribution in [2.24, 2.45) is 5.41 Å². The lowest BCUT2D eigenvalue weighted by molar-refractivity contribution is -0.274. The van der Waals surface area contributed by atoms with Crippen LogP contribution < -0.4 is 4.74 Å². The topological polar surface area (TPSA) is 56.5 Å². The molecule has 142 valence electrons. The van der Waals surface area contributed by atoms with Gasteiger partial charge in [-0.25, -0.2) is 0 Å². The lowest BCUT2D eigenvalue weighted by Gasteiger charge is -2.53. The van der Waals surface area contributed by atoms with Gasteiger partial charge in [0, 0.05) is 18.1 Å². The summed E-state index contributed by atoms with van der Waals surface area (Å²) in [7, 11) is 1.81. The fourth-order valence-corrected chi connectivity index (χ4v) is 3.78. The third-order valence-electron chi connectivity index (χ3n) is 4.73. The minimum atomic E-state index is -4.81. The summed E-state index contributed by atoms with van der Waals surface area (Å²) < 4.78 is 41.1. The molecule has 1 aliphatic heterocycles. The van der Waals surface area contributed by atoms with Gasteiger partial charge in [-0.05, 0) is 42.4 Å². The summed E-state index contributed by atoms with van der Waals surface area (Å²) in [6.07, 6.45) is -4.81. The van der Waals surface area contributed by atoms with E-state index in [1.807, 2.05) is 11.9 Å². The number of nitriles is 1. The molecule has 8 heteroatoms. The average molecular weight is 397 g/mol. The Kier molecular flexibility index (Phi) is 4.85. The summed E-state index contributed by atoms with van der Waals surface area (Å²) in [6, 6.07) is 13.6. The van der Waals surface area contributed by atoms with Crippen LogP contribution in [0.5, 0.6) is 5.75 Å². The highest BCUT2D eigenvalue weighted by molar-refractivity contribution is 6.30. The van der Waals surface area contributed by atoms with Gasteiger partial charge in [-0.15, -0.1) is 13.2 Å². The third-order valence-corrected chi connectivity index (χ3v) is 4.97. The van der Waals surface area contributed by atoms with Crippen LogP contribution in [0.15, 0.2) is 48.5 Å². The van der Waals surface area contributed by atoms with Crippen LogP contribution in [0.1, 0.15) is 11.1 Å². The number of hydrogen-bond donors (Lipinski definition) is 1. The molecule has 1 fully saturated rings. The Balaban J connectivity index is 2.10. The molecule has 3 rings (SSSR count). The quantitative estimate of drug-likeness (QED) is 0.850. The molecule has 1 heterocycles. The van der Waals surface area contributed by atoms with Gasteiger partial charge in [0.25, 0.3) is 0 Å². The van der Waals surface area contributed by atoms with Crippen molar-refractivity contribution >= 4 is 11.6 Å². The normalized spacial score (nSPS) is 18.9. The SMILES string of the molecule is CN1CC(C#N)([C@](O)(c2ccc(OC(F)(F)F)cc2)c2cccc(Cl)c2)C1. The van der Waals surface area contributed by atoms with Gasteiger partial charge in [-0.3, -0.25) is 0 Å². The molecule has 27 heavy (non-hydrogen) atoms. The second-order valence-electron chi connectivity index (χ2n) is 6.66. The molecule has 0 radical (unpaired) electrons. The van der Waals surface area contributed by atoms with Crippen molar-refractivity contribution in [1.29, 1.82) is 5.26 Å². The molecule has 0 aliphatic carbocycles. The van der Waals surface area contributed by atoms with Crippen LogP contribution in [0.3, 0.4) is 0 Å². The second kappa shape index (κ2) is 6.71. The van der Waals surface area contributed by atoms with Crippen molar-refractivity contribution in [2.45, 2.75) is 12.0 Å². The van der Waals surface area contributed by atoms with Crippen molar-refractivity contribution in [1.82, 2.24) is 4.90 Å². The Labute approximate surface area is 159 Å². The molecular formula is C19H16ClF3N2O2. The number of benzene rings is 2. The molecule has 0 unspecified atom stereocenters. The van der Waals surface area contributed by atoms with Crippen molar-refractivity contribution in [3.05, 3.63) is 64.7 Å². The number of likely N-dealkylation sites (tertiary alicyclic amines) is 1. The Morgan fingerprint density at radius 2 is 1.78 bits per heavy atom. The van der Waals surface area contributed by atoms with E-state index in [0.717, 1.165) is 12.1 Å². The molecule has 2 aromatic rings. The van der Waals surface area contributed by atoms with E-state index >= 15 is 0 Å². The van der Waals surface area contributed by atoms with Gasteiger partial charge in [0.15, 0.2) is 0 Å². The van der Waals surface area contributed by atoms with E-state index in [0.29, 0.717) is 23.7 Å². The molecule has 1 atom stereocenters. The largest absolute Gasteiger partial charge is 0.573 e. The van der Waals surface area contributed by atoms with Gasteiger partial charge in [-0.2, -0.15) is 5.26 Å². The number of hydrogen-bond acceptors (Lipinski definition) is 4. The van der Waals surface area contributed by atoms with Gasteiger partial charge in [0.1, 0.15) is 16.8 Å². The third kappa shape index (κ3) is 3.48. The molecule has 0 amide bonds. The summed E-state index contributed by atoms with van der Waals surface area (Å²) in [5, 5.41) is 21.9. The standard InChI is InChI=1S/C19H16ClF3N2O2/c1-25-11-17(10-24,12-25)18(26,14-3-2-4-15(20)9-14)13-5-7-16(8-6-13)27-19(21,22)23/h2-9,26H,11-12H2,1H3/t18-/m0/s1. The first kappa shape index (κ1) is 19.5. The van der Waals surface area contributed by atoms with E-state index < -0.39 is 23.1 Å². The summed E-state index contributed by atoms with van der Waals surface area (Å²) >= 11 is 6.07. The highest BCUT2D eigenvalue weighted by atomic mass is 35.5. The Hall–Kier alpha value is -2.27. The van der Waals surface area contributed by atoms with Gasteiger partial charge < -0.3 is 14.7 Å². The smallest absolute Gasteiger partial charge is 0.406 e. The first-order chi connectivity index (χ1) is 12.6. The van der Waals surface area contributed by atoms with E-state index in [1.165, 1.54) is 12.1 Å². The van der Waals surface area contributed by atoms with E-state index in [4.69, 9.17) is 11.6 Å².